The highest BCUT2D eigenvalue weighted by Gasteiger charge is 2.28. The second-order valence-corrected chi connectivity index (χ2v) is 17.4. The van der Waals surface area contributed by atoms with E-state index in [2.05, 4.69) is 159 Å². The van der Waals surface area contributed by atoms with Crippen LogP contribution < -0.4 is 0 Å². The van der Waals surface area contributed by atoms with Crippen LogP contribution in [0.25, 0.3) is 56.1 Å². The summed E-state index contributed by atoms with van der Waals surface area (Å²) in [5.41, 5.74) is 13.6. The Labute approximate surface area is 314 Å². The summed E-state index contributed by atoms with van der Waals surface area (Å²) in [5.74, 6) is 0.630. The van der Waals surface area contributed by atoms with Gasteiger partial charge < -0.3 is 9.52 Å². The number of hydrogen-bond donors (Lipinski definition) is 1. The van der Waals surface area contributed by atoms with Gasteiger partial charge >= 0.3 is 0 Å². The molecule has 0 aliphatic heterocycles. The predicted molar refractivity (Wildman–Crippen MR) is 221 cm³/mol. The van der Waals surface area contributed by atoms with E-state index in [0.29, 0.717) is 17.0 Å². The Hall–Kier alpha value is -5.48. The van der Waals surface area contributed by atoms with Gasteiger partial charge in [0.2, 0.25) is 5.89 Å². The van der Waals surface area contributed by atoms with Gasteiger partial charge in [0.1, 0.15) is 11.3 Å². The minimum absolute atomic E-state index is 0.109. The van der Waals surface area contributed by atoms with Crippen LogP contribution in [0.4, 0.5) is 0 Å². The maximum atomic E-state index is 11.6. The van der Waals surface area contributed by atoms with Gasteiger partial charge in [-0.25, -0.2) is 4.98 Å². The molecule has 0 amide bonds. The average molecular weight is 699 g/mol. The fourth-order valence-corrected chi connectivity index (χ4v) is 6.88. The molecule has 0 aliphatic carbocycles. The number of aromatic nitrogens is 2. The van der Waals surface area contributed by atoms with E-state index in [0.717, 1.165) is 56.6 Å². The van der Waals surface area contributed by atoms with Gasteiger partial charge in [-0.2, -0.15) is 0 Å². The molecule has 0 unspecified atom stereocenters. The molecule has 0 atom stereocenters. The number of rotatable bonds is 6. The summed E-state index contributed by atoms with van der Waals surface area (Å²) in [7, 11) is 0. The lowest BCUT2D eigenvalue weighted by atomic mass is 9.79. The quantitative estimate of drug-likeness (QED) is 0.188. The van der Waals surface area contributed by atoms with Crippen molar-refractivity contribution in [3.63, 3.8) is 0 Å². The number of pyridine rings is 1. The number of benzene rings is 5. The van der Waals surface area contributed by atoms with Crippen molar-refractivity contribution in [2.24, 2.45) is 0 Å². The lowest BCUT2D eigenvalue weighted by Crippen LogP contribution is -2.17. The summed E-state index contributed by atoms with van der Waals surface area (Å²) in [5, 5.41) is 11.6. The average Bonchev–Trinajstić information content (AvgIpc) is 3.55. The van der Waals surface area contributed by atoms with Crippen LogP contribution >= 0.6 is 0 Å². The van der Waals surface area contributed by atoms with Crippen LogP contribution in [0, 0.1) is 0 Å². The first-order valence-corrected chi connectivity index (χ1v) is 18.6. The van der Waals surface area contributed by atoms with E-state index in [4.69, 9.17) is 14.4 Å². The number of aromatic hydroxyl groups is 1. The molecule has 4 nitrogen and oxygen atoms in total. The first kappa shape index (κ1) is 35.9. The van der Waals surface area contributed by atoms with Gasteiger partial charge in [-0.1, -0.05) is 141 Å². The molecule has 0 radical (unpaired) electrons. The summed E-state index contributed by atoms with van der Waals surface area (Å²) in [6, 6.07) is 40.7. The predicted octanol–water partition coefficient (Wildman–Crippen LogP) is 13.1. The Bertz CT molecular complexity index is 2420. The van der Waals surface area contributed by atoms with Crippen LogP contribution in [0.2, 0.25) is 0 Å². The van der Waals surface area contributed by atoms with Crippen LogP contribution in [0.15, 0.2) is 126 Å². The number of phenols is 1. The van der Waals surface area contributed by atoms with Gasteiger partial charge in [0, 0.05) is 22.9 Å². The first-order chi connectivity index (χ1) is 25.0. The molecule has 53 heavy (non-hydrogen) atoms. The monoisotopic (exact) mass is 698 g/mol. The van der Waals surface area contributed by atoms with E-state index < -0.39 is 0 Å². The van der Waals surface area contributed by atoms with Crippen molar-refractivity contribution in [3.05, 3.63) is 149 Å². The highest BCUT2D eigenvalue weighted by atomic mass is 16.3. The van der Waals surface area contributed by atoms with Gasteiger partial charge in [-0.05, 0) is 98.0 Å². The summed E-state index contributed by atoms with van der Waals surface area (Å²) >= 11 is 0. The van der Waals surface area contributed by atoms with E-state index in [-0.39, 0.29) is 22.0 Å². The van der Waals surface area contributed by atoms with Crippen molar-refractivity contribution in [3.8, 4) is 50.7 Å². The van der Waals surface area contributed by atoms with E-state index >= 15 is 0 Å². The zero-order chi connectivity index (χ0) is 37.7. The zero-order valence-electron chi connectivity index (χ0n) is 32.5. The smallest absolute Gasteiger partial charge is 0.231 e. The molecule has 268 valence electrons. The topological polar surface area (TPSA) is 59.2 Å². The largest absolute Gasteiger partial charge is 0.507 e. The summed E-state index contributed by atoms with van der Waals surface area (Å²) in [6.07, 6.45) is 2.81. The van der Waals surface area contributed by atoms with E-state index in [1.807, 2.05) is 24.4 Å². The molecule has 0 saturated carbocycles. The summed E-state index contributed by atoms with van der Waals surface area (Å²) in [4.78, 5) is 9.98. The summed E-state index contributed by atoms with van der Waals surface area (Å²) in [6.45, 7) is 19.6. The number of fused-ring (bicyclic) bond motifs is 1. The third kappa shape index (κ3) is 7.55. The molecule has 1 N–H and O–H groups in total. The Morgan fingerprint density at radius 2 is 1.21 bits per heavy atom. The Morgan fingerprint density at radius 1 is 0.547 bits per heavy atom. The molecule has 2 heterocycles. The highest BCUT2D eigenvalue weighted by Crippen LogP contribution is 2.44. The highest BCUT2D eigenvalue weighted by molar-refractivity contribution is 5.93. The number of oxazole rings is 1. The normalized spacial score (nSPS) is 12.4. The summed E-state index contributed by atoms with van der Waals surface area (Å²) < 4.78 is 6.47. The molecule has 0 aliphatic rings. The molecule has 2 aromatic heterocycles. The zero-order valence-corrected chi connectivity index (χ0v) is 32.5. The van der Waals surface area contributed by atoms with Crippen LogP contribution in [0.1, 0.15) is 90.1 Å². The van der Waals surface area contributed by atoms with Crippen LogP contribution in [0.5, 0.6) is 5.75 Å². The lowest BCUT2D eigenvalue weighted by Gasteiger charge is -2.27. The number of nitrogens with zero attached hydrogens (tertiary/aromatic N) is 2. The van der Waals surface area contributed by atoms with Gasteiger partial charge in [0.15, 0.2) is 5.58 Å². The molecule has 5 aromatic carbocycles. The Morgan fingerprint density at radius 3 is 1.89 bits per heavy atom. The van der Waals surface area contributed by atoms with Crippen molar-refractivity contribution in [1.29, 1.82) is 0 Å². The third-order valence-electron chi connectivity index (χ3n) is 10.1. The van der Waals surface area contributed by atoms with E-state index in [1.54, 1.807) is 0 Å². The van der Waals surface area contributed by atoms with Gasteiger partial charge in [-0.3, -0.25) is 4.98 Å². The standard InChI is InChI=1S/C49H50N2O2/c1-47(2,3)37-26-35(25-36(27-37)42-28-34(22-23-50-42)33-20-18-32(19-21-33)24-31-14-11-10-12-15-31)39-16-13-17-43-44(39)51-46(53-43)40-29-38(48(4,5)6)30-41(45(40)52)49(7,8)9/h10-23,25-30,52H,24H2,1-9H3. The van der Waals surface area contributed by atoms with E-state index in [9.17, 15) is 5.11 Å². The molecule has 0 spiro atoms. The van der Waals surface area contributed by atoms with Gasteiger partial charge in [-0.15, -0.1) is 0 Å². The fraction of sp³-hybridized carbons (Fsp3) is 0.265. The third-order valence-corrected chi connectivity index (χ3v) is 10.1. The van der Waals surface area contributed by atoms with Gasteiger partial charge in [0.25, 0.3) is 0 Å². The van der Waals surface area contributed by atoms with E-state index in [1.165, 1.54) is 16.7 Å². The maximum absolute atomic E-state index is 11.6. The number of phenolic OH excluding ortho intramolecular Hbond substituents is 1. The number of para-hydroxylation sites is 1. The second-order valence-electron chi connectivity index (χ2n) is 17.4. The minimum Gasteiger partial charge on any atom is -0.507 e. The molecule has 0 saturated heterocycles. The first-order valence-electron chi connectivity index (χ1n) is 18.6. The van der Waals surface area contributed by atoms with Crippen molar-refractivity contribution in [2.45, 2.75) is 85.0 Å². The number of hydrogen-bond acceptors (Lipinski definition) is 4. The van der Waals surface area contributed by atoms with Crippen molar-refractivity contribution in [2.75, 3.05) is 0 Å². The SMILES string of the molecule is CC(C)(C)c1cc(-c2cc(-c3ccc(Cc4ccccc4)cc3)ccn2)cc(-c2cccc3oc(-c4cc(C(C)(C)C)cc(C(C)(C)C)c4O)nc23)c1. The maximum Gasteiger partial charge on any atom is 0.231 e. The fourth-order valence-electron chi connectivity index (χ4n) is 6.88. The van der Waals surface area contributed by atoms with Gasteiger partial charge in [0.05, 0.1) is 11.3 Å². The van der Waals surface area contributed by atoms with Crippen LogP contribution in [-0.4, -0.2) is 15.1 Å². The molecular formula is C49H50N2O2. The molecule has 0 bridgehead atoms. The van der Waals surface area contributed by atoms with Crippen molar-refractivity contribution in [1.82, 2.24) is 9.97 Å². The molecular weight excluding hydrogens is 649 g/mol. The molecule has 7 rings (SSSR count). The van der Waals surface area contributed by atoms with Crippen LogP contribution in [0.3, 0.4) is 0 Å². The second kappa shape index (κ2) is 13.5. The Kier molecular flexibility index (Phi) is 9.14. The molecule has 7 aromatic rings. The van der Waals surface area contributed by atoms with Crippen molar-refractivity contribution >= 4 is 11.1 Å². The molecule has 0 fully saturated rings. The molecule has 4 heteroatoms. The Balaban J connectivity index is 1.30. The lowest BCUT2D eigenvalue weighted by molar-refractivity contribution is 0.444. The van der Waals surface area contributed by atoms with Crippen molar-refractivity contribution < 1.29 is 9.52 Å². The van der Waals surface area contributed by atoms with Crippen LogP contribution in [-0.2, 0) is 22.7 Å². The minimum atomic E-state index is -0.266.